The smallest absolute Gasteiger partial charge is 0.147 e. The molecule has 0 atom stereocenters. The standard InChI is InChI=1S/2C2H5.2ClH.Ti/c2*1-2;;;/h2*1H2,2H3;2*1H;. The Morgan fingerprint density at radius 1 is 1.00 bits per heavy atom. The molecule has 0 nitrogen and oxygen atoms in total. The van der Waals surface area contributed by atoms with Gasteiger partial charge in [-0.15, -0.1) is 24.8 Å². The summed E-state index contributed by atoms with van der Waals surface area (Å²) in [7, 11) is 0. The van der Waals surface area contributed by atoms with Crippen LogP contribution in [-0.2, 0) is 19.2 Å². The molecule has 0 amide bonds. The van der Waals surface area contributed by atoms with E-state index >= 15 is 0 Å². The van der Waals surface area contributed by atoms with E-state index in [2.05, 4.69) is 13.8 Å². The molecule has 0 heterocycles. The maximum atomic E-state index is 2.27. The Kier molecular flexibility index (Phi) is 35.2. The summed E-state index contributed by atoms with van der Waals surface area (Å²) in [6.07, 6.45) is 0. The number of hydrogen-bond donors (Lipinski definition) is 0. The topological polar surface area (TPSA) is 0 Å². The summed E-state index contributed by atoms with van der Waals surface area (Å²) in [5.74, 6) is 0. The van der Waals surface area contributed by atoms with Gasteiger partial charge in [0.25, 0.3) is 0 Å². The van der Waals surface area contributed by atoms with E-state index in [1.54, 1.807) is 0 Å². The van der Waals surface area contributed by atoms with Crippen LogP contribution >= 0.6 is 24.8 Å². The van der Waals surface area contributed by atoms with Crippen LogP contribution in [0.25, 0.3) is 0 Å². The van der Waals surface area contributed by atoms with Gasteiger partial charge in [-0.05, 0) is 0 Å². The molecule has 0 rings (SSSR count). The summed E-state index contributed by atoms with van der Waals surface area (Å²) in [6.45, 7) is 4.53. The normalized spacial score (nSPS) is 5.43. The van der Waals surface area contributed by atoms with Crippen LogP contribution in [0.4, 0.5) is 0 Å². The molecule has 0 aliphatic carbocycles. The predicted octanol–water partition coefficient (Wildman–Crippen LogP) is 2.79. The van der Waals surface area contributed by atoms with Crippen molar-refractivity contribution in [1.82, 2.24) is 0 Å². The quantitative estimate of drug-likeness (QED) is 0.571. The molecule has 0 bridgehead atoms. The van der Waals surface area contributed by atoms with Gasteiger partial charge in [-0.25, -0.2) is 0 Å². The van der Waals surface area contributed by atoms with Gasteiger partial charge >= 0.3 is 42.5 Å². The van der Waals surface area contributed by atoms with Crippen molar-refractivity contribution in [3.63, 3.8) is 0 Å². The minimum Gasteiger partial charge on any atom is -0.147 e. The summed E-state index contributed by atoms with van der Waals surface area (Å²) in [5.41, 5.74) is 0. The Morgan fingerprint density at radius 3 is 1.29 bits per heavy atom. The molecule has 0 radical (unpaired) electrons. The van der Waals surface area contributed by atoms with Gasteiger partial charge in [0, 0.05) is 0 Å². The molecular weight excluding hydrogens is 167 g/mol. The van der Waals surface area contributed by atoms with E-state index in [0.717, 1.165) is 0 Å². The molecule has 0 N–H and O–H groups in total. The van der Waals surface area contributed by atoms with Crippen LogP contribution in [0.1, 0.15) is 13.8 Å². The second-order valence-corrected chi connectivity index (χ2v) is 3.95. The Bertz CT molecular complexity index is 17.2. The maximum absolute atomic E-state index is 2.27. The summed E-state index contributed by atoms with van der Waals surface area (Å²) in [5, 5.41) is 0. The molecule has 0 aliphatic rings. The second kappa shape index (κ2) is 15.7. The fraction of sp³-hybridized carbons (Fsp3) is 1.00. The van der Waals surface area contributed by atoms with Crippen LogP contribution in [0.15, 0.2) is 0 Å². The molecule has 0 saturated carbocycles. The fourth-order valence-electron chi connectivity index (χ4n) is 0.250. The van der Waals surface area contributed by atoms with Crippen molar-refractivity contribution >= 4 is 24.8 Å². The fourth-order valence-corrected chi connectivity index (χ4v) is 1.03. The van der Waals surface area contributed by atoms with E-state index in [1.807, 2.05) is 0 Å². The Balaban J connectivity index is -0.0000000800. The minimum absolute atomic E-state index is 0. The summed E-state index contributed by atoms with van der Waals surface area (Å²) >= 11 is 0.528. The van der Waals surface area contributed by atoms with Gasteiger partial charge in [-0.2, -0.15) is 0 Å². The molecule has 0 unspecified atom stereocenters. The van der Waals surface area contributed by atoms with Crippen molar-refractivity contribution < 1.29 is 19.2 Å². The zero-order valence-electron chi connectivity index (χ0n) is 4.73. The zero-order valence-corrected chi connectivity index (χ0v) is 7.93. The molecule has 0 aromatic heterocycles. The minimum atomic E-state index is 0. The molecule has 0 saturated heterocycles. The van der Waals surface area contributed by atoms with Crippen LogP contribution in [0.2, 0.25) is 9.45 Å². The zero-order chi connectivity index (χ0) is 4.12. The predicted molar refractivity (Wildman–Crippen MR) is 35.5 cm³/mol. The van der Waals surface area contributed by atoms with Crippen molar-refractivity contribution in [3.8, 4) is 0 Å². The first-order valence-electron chi connectivity index (χ1n) is 2.12. The van der Waals surface area contributed by atoms with E-state index in [9.17, 15) is 0 Å². The van der Waals surface area contributed by atoms with E-state index in [1.165, 1.54) is 9.45 Å². The van der Waals surface area contributed by atoms with Crippen molar-refractivity contribution in [2.24, 2.45) is 0 Å². The van der Waals surface area contributed by atoms with Crippen LogP contribution < -0.4 is 0 Å². The van der Waals surface area contributed by atoms with Crippen LogP contribution in [0.5, 0.6) is 0 Å². The van der Waals surface area contributed by atoms with Crippen molar-refractivity contribution in [2.45, 2.75) is 23.3 Å². The third kappa shape index (κ3) is 18.8. The second-order valence-electron chi connectivity index (χ2n) is 0.957. The first kappa shape index (κ1) is 15.7. The molecule has 0 spiro atoms. The van der Waals surface area contributed by atoms with Gasteiger partial charge in [0.15, 0.2) is 0 Å². The van der Waals surface area contributed by atoms with E-state index in [4.69, 9.17) is 0 Å². The van der Waals surface area contributed by atoms with Crippen molar-refractivity contribution in [1.29, 1.82) is 0 Å². The SMILES string of the molecule is C[CH2][Ti][CH2]C.Cl.Cl. The Morgan fingerprint density at radius 2 is 1.29 bits per heavy atom. The van der Waals surface area contributed by atoms with E-state index in [0.29, 0.717) is 19.2 Å². The average molecular weight is 179 g/mol. The van der Waals surface area contributed by atoms with Crippen LogP contribution in [-0.4, -0.2) is 0 Å². The summed E-state index contributed by atoms with van der Waals surface area (Å²) in [6, 6.07) is 0. The number of halogens is 2. The molecule has 46 valence electrons. The maximum Gasteiger partial charge on any atom is -0.147 e. The summed E-state index contributed by atoms with van der Waals surface area (Å²) < 4.78 is 2.94. The molecule has 7 heavy (non-hydrogen) atoms. The largest absolute Gasteiger partial charge is 0.147 e. The van der Waals surface area contributed by atoms with Gasteiger partial charge in [0.05, 0.1) is 0 Å². The number of hydrogen-bond acceptors (Lipinski definition) is 0. The average Bonchev–Trinajstić information content (AvgIpc) is 1.41. The van der Waals surface area contributed by atoms with Gasteiger partial charge in [-0.1, -0.05) is 0 Å². The molecule has 0 aliphatic heterocycles. The third-order valence-electron chi connectivity index (χ3n) is 0.500. The molecule has 0 aromatic carbocycles. The Hall–Kier alpha value is 1.29. The molecule has 3 heteroatoms. The van der Waals surface area contributed by atoms with Gasteiger partial charge in [-0.3, -0.25) is 0 Å². The van der Waals surface area contributed by atoms with Gasteiger partial charge in [0.1, 0.15) is 0 Å². The third-order valence-corrected chi connectivity index (χ3v) is 2.06. The van der Waals surface area contributed by atoms with Crippen LogP contribution in [0, 0.1) is 0 Å². The van der Waals surface area contributed by atoms with Gasteiger partial charge < -0.3 is 0 Å². The first-order chi connectivity index (χ1) is 2.41. The first-order valence-corrected chi connectivity index (χ1v) is 4.33. The number of rotatable bonds is 2. The van der Waals surface area contributed by atoms with Crippen molar-refractivity contribution in [2.75, 3.05) is 0 Å². The van der Waals surface area contributed by atoms with Crippen LogP contribution in [0.3, 0.4) is 0 Å². The Labute approximate surface area is 67.2 Å². The molecule has 0 aromatic rings. The van der Waals surface area contributed by atoms with Crippen molar-refractivity contribution in [3.05, 3.63) is 0 Å². The van der Waals surface area contributed by atoms with E-state index < -0.39 is 0 Å². The monoisotopic (exact) mass is 178 g/mol. The molecule has 0 fully saturated rings. The van der Waals surface area contributed by atoms with Gasteiger partial charge in [0.2, 0.25) is 0 Å². The summed E-state index contributed by atoms with van der Waals surface area (Å²) in [4.78, 5) is 0. The van der Waals surface area contributed by atoms with E-state index in [-0.39, 0.29) is 24.8 Å². The molecular formula is C4H12Cl2Ti.